The van der Waals surface area contributed by atoms with E-state index in [2.05, 4.69) is 16.5 Å². The van der Waals surface area contributed by atoms with E-state index in [1.807, 2.05) is 49.4 Å². The topological polar surface area (TPSA) is 25.8 Å². The molecule has 0 atom stereocenters. The molecule has 0 saturated heterocycles. The maximum atomic E-state index is 6.19. The van der Waals surface area contributed by atoms with Crippen molar-refractivity contribution >= 4 is 23.8 Å². The van der Waals surface area contributed by atoms with Gasteiger partial charge < -0.3 is 0 Å². The molecule has 0 amide bonds. The average molecular weight is 257 g/mol. The number of hydrogen-bond donors (Lipinski definition) is 0. The second kappa shape index (κ2) is 5.61. The Labute approximate surface area is 111 Å². The Morgan fingerprint density at radius 1 is 1.17 bits per heavy atom. The van der Waals surface area contributed by atoms with Crippen LogP contribution in [0, 0.1) is 0 Å². The predicted molar refractivity (Wildman–Crippen MR) is 76.5 cm³/mol. The molecule has 18 heavy (non-hydrogen) atoms. The summed E-state index contributed by atoms with van der Waals surface area (Å²) in [4.78, 5) is 8.84. The summed E-state index contributed by atoms with van der Waals surface area (Å²) in [5.74, 6) is 0.634. The van der Waals surface area contributed by atoms with Crippen LogP contribution in [-0.2, 0) is 0 Å². The van der Waals surface area contributed by atoms with Gasteiger partial charge in [0.05, 0.1) is 5.35 Å². The lowest BCUT2D eigenvalue weighted by Crippen LogP contribution is -2.30. The molecule has 0 bridgehead atoms. The first-order valence-electron chi connectivity index (χ1n) is 5.64. The summed E-state index contributed by atoms with van der Waals surface area (Å²) < 4.78 is 0. The molecular weight excluding hydrogens is 244 g/mol. The lowest BCUT2D eigenvalue weighted by Gasteiger charge is -2.01. The third-order valence-electron chi connectivity index (χ3n) is 2.52. The van der Waals surface area contributed by atoms with Crippen molar-refractivity contribution in [1.82, 2.24) is 9.97 Å². The number of allylic oxidation sites excluding steroid dienone is 1. The van der Waals surface area contributed by atoms with Crippen LogP contribution in [0.1, 0.15) is 6.92 Å². The summed E-state index contributed by atoms with van der Waals surface area (Å²) in [5, 5.41) is 2.06. The lowest BCUT2D eigenvalue weighted by atomic mass is 10.2. The highest BCUT2D eigenvalue weighted by Gasteiger charge is 2.04. The van der Waals surface area contributed by atoms with Gasteiger partial charge in [-0.25, -0.2) is 9.97 Å². The minimum absolute atomic E-state index is 0.442. The second-order valence-corrected chi connectivity index (χ2v) is 4.05. The molecule has 0 aliphatic carbocycles. The summed E-state index contributed by atoms with van der Waals surface area (Å²) in [6, 6.07) is 9.78. The zero-order valence-electron chi connectivity index (χ0n) is 10.1. The molecule has 1 heterocycles. The Morgan fingerprint density at radius 3 is 2.50 bits per heavy atom. The quantitative estimate of drug-likeness (QED) is 0.772. The van der Waals surface area contributed by atoms with E-state index in [4.69, 9.17) is 11.6 Å². The normalized spacial score (nSPS) is 12.8. The van der Waals surface area contributed by atoms with Crippen molar-refractivity contribution in [2.45, 2.75) is 6.92 Å². The van der Waals surface area contributed by atoms with Crippen LogP contribution in [0.3, 0.4) is 0 Å². The van der Waals surface area contributed by atoms with Crippen LogP contribution in [0.2, 0.25) is 5.15 Å². The van der Waals surface area contributed by atoms with E-state index in [0.29, 0.717) is 11.0 Å². The molecule has 0 fully saturated rings. The number of aromatic nitrogens is 2. The summed E-state index contributed by atoms with van der Waals surface area (Å²) in [6.07, 6.45) is 5.40. The van der Waals surface area contributed by atoms with E-state index in [1.54, 1.807) is 6.08 Å². The summed E-state index contributed by atoms with van der Waals surface area (Å²) >= 11 is 6.19. The number of nitrogens with zero attached hydrogens (tertiary/aromatic N) is 2. The molecule has 0 spiro atoms. The van der Waals surface area contributed by atoms with Crippen molar-refractivity contribution in [3.63, 3.8) is 0 Å². The van der Waals surface area contributed by atoms with Crippen molar-refractivity contribution in [1.29, 1.82) is 0 Å². The van der Waals surface area contributed by atoms with Gasteiger partial charge in [-0.15, -0.1) is 0 Å². The number of rotatable bonds is 2. The van der Waals surface area contributed by atoms with Crippen LogP contribution in [0.15, 0.2) is 43.0 Å². The summed E-state index contributed by atoms with van der Waals surface area (Å²) in [7, 11) is 0. The number of hydrogen-bond acceptors (Lipinski definition) is 2. The van der Waals surface area contributed by atoms with Crippen LogP contribution in [0.4, 0.5) is 0 Å². The maximum Gasteiger partial charge on any atom is 0.161 e. The van der Waals surface area contributed by atoms with Crippen LogP contribution in [0.25, 0.3) is 23.5 Å². The highest BCUT2D eigenvalue weighted by Crippen LogP contribution is 2.12. The van der Waals surface area contributed by atoms with Gasteiger partial charge in [-0.2, -0.15) is 0 Å². The minimum Gasteiger partial charge on any atom is -0.228 e. The lowest BCUT2D eigenvalue weighted by molar-refractivity contribution is 1.11. The van der Waals surface area contributed by atoms with Crippen molar-refractivity contribution < 1.29 is 0 Å². The first-order valence-corrected chi connectivity index (χ1v) is 6.02. The van der Waals surface area contributed by atoms with Crippen LogP contribution < -0.4 is 10.6 Å². The minimum atomic E-state index is 0.442. The molecule has 90 valence electrons. The van der Waals surface area contributed by atoms with Gasteiger partial charge >= 0.3 is 0 Å². The van der Waals surface area contributed by atoms with Gasteiger partial charge in [0.1, 0.15) is 5.15 Å². The molecule has 2 nitrogen and oxygen atoms in total. The fraction of sp³-hybridized carbons (Fsp3) is 0.0667. The fourth-order valence-corrected chi connectivity index (χ4v) is 1.91. The van der Waals surface area contributed by atoms with E-state index in [1.165, 1.54) is 0 Å². The first-order chi connectivity index (χ1) is 8.76. The molecule has 2 rings (SSSR count). The van der Waals surface area contributed by atoms with E-state index >= 15 is 0 Å². The van der Waals surface area contributed by atoms with Crippen molar-refractivity contribution in [3.8, 4) is 11.4 Å². The molecule has 0 aliphatic heterocycles. The Balaban J connectivity index is 2.73. The van der Waals surface area contributed by atoms with E-state index in [-0.39, 0.29) is 0 Å². The third-order valence-corrected chi connectivity index (χ3v) is 2.81. The van der Waals surface area contributed by atoms with Gasteiger partial charge in [-0.05, 0) is 6.92 Å². The molecule has 0 radical (unpaired) electrons. The molecule has 0 aliphatic rings. The molecule has 3 heteroatoms. The zero-order chi connectivity index (χ0) is 13.0. The Morgan fingerprint density at radius 2 is 1.89 bits per heavy atom. The van der Waals surface area contributed by atoms with Crippen molar-refractivity contribution in [2.75, 3.05) is 0 Å². The van der Waals surface area contributed by atoms with Crippen LogP contribution >= 0.6 is 11.6 Å². The third kappa shape index (κ3) is 2.49. The van der Waals surface area contributed by atoms with E-state index < -0.39 is 0 Å². The van der Waals surface area contributed by atoms with E-state index in [0.717, 1.165) is 16.1 Å². The number of halogens is 1. The van der Waals surface area contributed by atoms with Crippen LogP contribution in [0.5, 0.6) is 0 Å². The second-order valence-electron chi connectivity index (χ2n) is 3.69. The highest BCUT2D eigenvalue weighted by molar-refractivity contribution is 6.29. The van der Waals surface area contributed by atoms with Crippen molar-refractivity contribution in [3.05, 3.63) is 58.7 Å². The van der Waals surface area contributed by atoms with Gasteiger partial charge in [0, 0.05) is 10.8 Å². The largest absolute Gasteiger partial charge is 0.228 e. The molecule has 0 N–H and O–H groups in total. The van der Waals surface area contributed by atoms with Crippen molar-refractivity contribution in [2.24, 2.45) is 0 Å². The smallest absolute Gasteiger partial charge is 0.161 e. The zero-order valence-corrected chi connectivity index (χ0v) is 10.9. The standard InChI is InChI=1S/C15H13ClN2/c1-3-8-12-13(4-2)17-15(18-14(12)16)11-9-6-5-7-10-11/h3-10H,1H2,2H3/b12-8+,13-4+. The number of benzene rings is 1. The van der Waals surface area contributed by atoms with Gasteiger partial charge in [-0.3, -0.25) is 0 Å². The molecule has 0 unspecified atom stereocenters. The first kappa shape index (κ1) is 12.5. The Kier molecular flexibility index (Phi) is 3.90. The molecule has 1 aromatic heterocycles. The molecule has 1 aromatic carbocycles. The Bertz CT molecular complexity index is 676. The summed E-state index contributed by atoms with van der Waals surface area (Å²) in [6.45, 7) is 5.59. The molecule has 0 saturated carbocycles. The molecular formula is C15H13ClN2. The monoisotopic (exact) mass is 256 g/mol. The van der Waals surface area contributed by atoms with E-state index in [9.17, 15) is 0 Å². The maximum absolute atomic E-state index is 6.19. The van der Waals surface area contributed by atoms with Gasteiger partial charge in [0.25, 0.3) is 0 Å². The van der Waals surface area contributed by atoms with Gasteiger partial charge in [0.2, 0.25) is 0 Å². The fourth-order valence-electron chi connectivity index (χ4n) is 1.67. The average Bonchev–Trinajstić information content (AvgIpc) is 2.42. The highest BCUT2D eigenvalue weighted by atomic mass is 35.5. The molecule has 2 aromatic rings. The SMILES string of the molecule is C=C/C=c1/c(Cl)nc(-c2ccccc2)n/c1=C/C. The predicted octanol–water partition coefficient (Wildman–Crippen LogP) is 2.56. The van der Waals surface area contributed by atoms with Gasteiger partial charge in [-0.1, -0.05) is 66.7 Å². The van der Waals surface area contributed by atoms with Gasteiger partial charge in [0.15, 0.2) is 5.82 Å². The van der Waals surface area contributed by atoms with Crippen LogP contribution in [-0.4, -0.2) is 9.97 Å². The summed E-state index contributed by atoms with van der Waals surface area (Å²) in [5.41, 5.74) is 0.952. The Hall–Kier alpha value is -1.93.